The number of Topliss-reactive ketones (excluding diaryl/α,β-unsaturated/α-hetero) is 1. The fraction of sp³-hybridized carbons (Fsp3) is 0.280. The molecule has 7 heteroatoms. The molecule has 1 aromatic heterocycles. The van der Waals surface area contributed by atoms with E-state index in [1.54, 1.807) is 29.4 Å². The first-order chi connectivity index (χ1) is 15.6. The molecular weight excluding hydrogens is 406 g/mol. The zero-order valence-corrected chi connectivity index (χ0v) is 17.4. The summed E-state index contributed by atoms with van der Waals surface area (Å²) in [6.45, 7) is 0.475. The number of aromatic nitrogens is 1. The average molecular weight is 429 g/mol. The van der Waals surface area contributed by atoms with Gasteiger partial charge in [0.05, 0.1) is 6.10 Å². The fourth-order valence-electron chi connectivity index (χ4n) is 4.66. The summed E-state index contributed by atoms with van der Waals surface area (Å²) in [6.07, 6.45) is 4.00. The topological polar surface area (TPSA) is 88.6 Å². The van der Waals surface area contributed by atoms with Crippen molar-refractivity contribution in [3.63, 3.8) is 0 Å². The van der Waals surface area contributed by atoms with E-state index in [1.807, 2.05) is 42.5 Å². The number of pyridine rings is 1. The van der Waals surface area contributed by atoms with Gasteiger partial charge < -0.3 is 15.0 Å². The van der Waals surface area contributed by atoms with Gasteiger partial charge in [-0.05, 0) is 34.9 Å². The van der Waals surface area contributed by atoms with Crippen LogP contribution in [-0.2, 0) is 20.7 Å². The molecule has 2 saturated heterocycles. The SMILES string of the molecule is O=C(NC(Cc1cccnc1)C(=O)N1CCC2OCC(=O)C21)c1cccc2ccccc12. The molecular formula is C25H23N3O4. The van der Waals surface area contributed by atoms with Crippen molar-refractivity contribution in [1.82, 2.24) is 15.2 Å². The van der Waals surface area contributed by atoms with Crippen LogP contribution >= 0.6 is 0 Å². The Morgan fingerprint density at radius 2 is 1.97 bits per heavy atom. The minimum Gasteiger partial charge on any atom is -0.368 e. The van der Waals surface area contributed by atoms with E-state index < -0.39 is 12.1 Å². The lowest BCUT2D eigenvalue weighted by Gasteiger charge is -2.27. The Morgan fingerprint density at radius 1 is 1.12 bits per heavy atom. The highest BCUT2D eigenvalue weighted by atomic mass is 16.5. The molecule has 0 aliphatic carbocycles. The molecule has 2 fully saturated rings. The Hall–Kier alpha value is -3.58. The fourth-order valence-corrected chi connectivity index (χ4v) is 4.66. The minimum atomic E-state index is -0.821. The molecule has 0 saturated carbocycles. The van der Waals surface area contributed by atoms with Crippen LogP contribution in [0.1, 0.15) is 22.3 Å². The average Bonchev–Trinajstić information content (AvgIpc) is 3.41. The molecule has 3 unspecified atom stereocenters. The van der Waals surface area contributed by atoms with E-state index in [9.17, 15) is 14.4 Å². The van der Waals surface area contributed by atoms with Gasteiger partial charge >= 0.3 is 0 Å². The Bertz CT molecular complexity index is 1170. The summed E-state index contributed by atoms with van der Waals surface area (Å²) in [5, 5.41) is 4.71. The predicted molar refractivity (Wildman–Crippen MR) is 118 cm³/mol. The van der Waals surface area contributed by atoms with Gasteiger partial charge in [-0.3, -0.25) is 19.4 Å². The van der Waals surface area contributed by atoms with Crippen molar-refractivity contribution in [3.05, 3.63) is 78.1 Å². The van der Waals surface area contributed by atoms with Gasteiger partial charge in [-0.2, -0.15) is 0 Å². The third-order valence-electron chi connectivity index (χ3n) is 6.20. The van der Waals surface area contributed by atoms with Crippen LogP contribution in [0.3, 0.4) is 0 Å². The van der Waals surface area contributed by atoms with Gasteiger partial charge in [-0.15, -0.1) is 0 Å². The number of likely N-dealkylation sites (tertiary alicyclic amines) is 1. The predicted octanol–water partition coefficient (Wildman–Crippen LogP) is 2.14. The van der Waals surface area contributed by atoms with E-state index >= 15 is 0 Å². The molecule has 2 amide bonds. The Balaban J connectivity index is 1.44. The lowest BCUT2D eigenvalue weighted by molar-refractivity contribution is -0.138. The molecule has 32 heavy (non-hydrogen) atoms. The van der Waals surface area contributed by atoms with Gasteiger partial charge in [0.2, 0.25) is 5.91 Å². The number of hydrogen-bond acceptors (Lipinski definition) is 5. The van der Waals surface area contributed by atoms with Crippen LogP contribution in [0.4, 0.5) is 0 Å². The van der Waals surface area contributed by atoms with Gasteiger partial charge in [0, 0.05) is 30.9 Å². The molecule has 7 nitrogen and oxygen atoms in total. The second kappa shape index (κ2) is 8.51. The third kappa shape index (κ3) is 3.76. The summed E-state index contributed by atoms with van der Waals surface area (Å²) in [4.78, 5) is 44.9. The molecule has 3 heterocycles. The first-order valence-corrected chi connectivity index (χ1v) is 10.7. The van der Waals surface area contributed by atoms with Gasteiger partial charge in [0.25, 0.3) is 5.91 Å². The second-order valence-corrected chi connectivity index (χ2v) is 8.20. The van der Waals surface area contributed by atoms with Crippen LogP contribution < -0.4 is 5.32 Å². The first-order valence-electron chi connectivity index (χ1n) is 10.7. The maximum absolute atomic E-state index is 13.6. The normalized spacial score (nSPS) is 20.9. The number of carbonyl (C=O) groups is 3. The van der Waals surface area contributed by atoms with E-state index in [1.165, 1.54) is 0 Å². The van der Waals surface area contributed by atoms with Crippen molar-refractivity contribution in [1.29, 1.82) is 0 Å². The molecule has 2 aliphatic rings. The van der Waals surface area contributed by atoms with E-state index in [2.05, 4.69) is 10.3 Å². The lowest BCUT2D eigenvalue weighted by atomic mass is 10.0. The highest BCUT2D eigenvalue weighted by Crippen LogP contribution is 2.28. The quantitative estimate of drug-likeness (QED) is 0.671. The van der Waals surface area contributed by atoms with Crippen LogP contribution in [0, 0.1) is 0 Å². The Labute approximate surface area is 185 Å². The molecule has 162 valence electrons. The van der Waals surface area contributed by atoms with Crippen molar-refractivity contribution >= 4 is 28.4 Å². The van der Waals surface area contributed by atoms with Crippen LogP contribution in [0.2, 0.25) is 0 Å². The number of ether oxygens (including phenoxy) is 1. The zero-order chi connectivity index (χ0) is 22.1. The Morgan fingerprint density at radius 3 is 2.81 bits per heavy atom. The van der Waals surface area contributed by atoms with Crippen molar-refractivity contribution in [2.75, 3.05) is 13.2 Å². The highest BCUT2D eigenvalue weighted by Gasteiger charge is 2.48. The summed E-state index contributed by atoms with van der Waals surface area (Å²) in [7, 11) is 0. The number of nitrogens with zero attached hydrogens (tertiary/aromatic N) is 2. The third-order valence-corrected chi connectivity index (χ3v) is 6.20. The molecule has 3 aromatic rings. The van der Waals surface area contributed by atoms with E-state index in [-0.39, 0.29) is 36.7 Å². The number of nitrogens with one attached hydrogen (secondary N) is 1. The second-order valence-electron chi connectivity index (χ2n) is 8.20. The van der Waals surface area contributed by atoms with Crippen molar-refractivity contribution < 1.29 is 19.1 Å². The standard InChI is InChI=1S/C25H23N3O4/c29-21-15-32-22-10-12-28(23(21)22)25(31)20(13-16-5-4-11-26-14-16)27-24(30)19-9-3-7-17-6-1-2-8-18(17)19/h1-9,11,14,20,22-23H,10,12-13,15H2,(H,27,30). The monoisotopic (exact) mass is 429 g/mol. The summed E-state index contributed by atoms with van der Waals surface area (Å²) >= 11 is 0. The maximum Gasteiger partial charge on any atom is 0.252 e. The first kappa shape index (κ1) is 20.3. The lowest BCUT2D eigenvalue weighted by Crippen LogP contribution is -2.53. The highest BCUT2D eigenvalue weighted by molar-refractivity contribution is 6.08. The number of benzene rings is 2. The number of hydrogen-bond donors (Lipinski definition) is 1. The van der Waals surface area contributed by atoms with Crippen LogP contribution in [0.15, 0.2) is 67.0 Å². The van der Waals surface area contributed by atoms with Gasteiger partial charge in [0.15, 0.2) is 5.78 Å². The van der Waals surface area contributed by atoms with Crippen LogP contribution in [0.5, 0.6) is 0 Å². The molecule has 3 atom stereocenters. The van der Waals surface area contributed by atoms with Crippen molar-refractivity contribution in [2.24, 2.45) is 0 Å². The zero-order valence-electron chi connectivity index (χ0n) is 17.4. The van der Waals surface area contributed by atoms with E-state index in [4.69, 9.17) is 4.74 Å². The van der Waals surface area contributed by atoms with Crippen LogP contribution in [-0.4, -0.2) is 58.8 Å². The number of ketones is 1. The summed E-state index contributed by atoms with van der Waals surface area (Å²) in [6, 6.07) is 15.4. The van der Waals surface area contributed by atoms with Gasteiger partial charge in [-0.1, -0.05) is 42.5 Å². The van der Waals surface area contributed by atoms with E-state index in [0.717, 1.165) is 16.3 Å². The largest absolute Gasteiger partial charge is 0.368 e. The number of carbonyl (C=O) groups excluding carboxylic acids is 3. The molecule has 0 spiro atoms. The number of amides is 2. The molecule has 2 aliphatic heterocycles. The summed E-state index contributed by atoms with van der Waals surface area (Å²) in [5.74, 6) is -0.677. The van der Waals surface area contributed by atoms with Crippen molar-refractivity contribution in [2.45, 2.75) is 31.0 Å². The van der Waals surface area contributed by atoms with E-state index in [0.29, 0.717) is 18.5 Å². The minimum absolute atomic E-state index is 0.0365. The van der Waals surface area contributed by atoms with Crippen molar-refractivity contribution in [3.8, 4) is 0 Å². The Kier molecular flexibility index (Phi) is 5.41. The molecule has 1 N–H and O–H groups in total. The van der Waals surface area contributed by atoms with Gasteiger partial charge in [0.1, 0.15) is 18.7 Å². The number of rotatable bonds is 5. The molecule has 2 aromatic carbocycles. The molecule has 5 rings (SSSR count). The number of fused-ring (bicyclic) bond motifs is 2. The maximum atomic E-state index is 13.6. The van der Waals surface area contributed by atoms with Gasteiger partial charge in [-0.25, -0.2) is 0 Å². The summed E-state index contributed by atoms with van der Waals surface area (Å²) < 4.78 is 5.53. The molecule has 0 radical (unpaired) electrons. The van der Waals surface area contributed by atoms with Crippen LogP contribution in [0.25, 0.3) is 10.8 Å². The molecule has 0 bridgehead atoms. The summed E-state index contributed by atoms with van der Waals surface area (Å²) in [5.41, 5.74) is 1.33. The smallest absolute Gasteiger partial charge is 0.252 e.